The van der Waals surface area contributed by atoms with Crippen LogP contribution < -0.4 is 0 Å². The lowest BCUT2D eigenvalue weighted by atomic mass is 10.2. The molecule has 1 aliphatic heterocycles. The van der Waals surface area contributed by atoms with Crippen LogP contribution in [0.25, 0.3) is 0 Å². The van der Waals surface area contributed by atoms with Crippen molar-refractivity contribution in [3.63, 3.8) is 0 Å². The van der Waals surface area contributed by atoms with E-state index in [4.69, 9.17) is 4.84 Å². The van der Waals surface area contributed by atoms with E-state index in [-0.39, 0.29) is 0 Å². The summed E-state index contributed by atoms with van der Waals surface area (Å²) in [6.45, 7) is 8.36. The molecule has 1 atom stereocenters. The Morgan fingerprint density at radius 2 is 1.85 bits per heavy atom. The Balaban J connectivity index is 0.000000204. The summed E-state index contributed by atoms with van der Waals surface area (Å²) in [6.07, 6.45) is 4.53. The van der Waals surface area contributed by atoms with E-state index in [0.29, 0.717) is 0 Å². The predicted molar refractivity (Wildman–Crippen MR) is 90.5 cm³/mol. The fraction of sp³-hybridized carbons (Fsp3) is 0.647. The molecule has 1 aliphatic rings. The topological polar surface area (TPSA) is 12.5 Å². The molecule has 0 N–H and O–H groups in total. The first-order valence-electron chi connectivity index (χ1n) is 7.75. The van der Waals surface area contributed by atoms with Gasteiger partial charge in [-0.15, -0.1) is 0 Å². The highest BCUT2D eigenvalue weighted by Gasteiger charge is 2.30. The van der Waals surface area contributed by atoms with Crippen molar-refractivity contribution in [2.24, 2.45) is 0 Å². The van der Waals surface area contributed by atoms with Crippen LogP contribution in [0.15, 0.2) is 30.3 Å². The van der Waals surface area contributed by atoms with Gasteiger partial charge in [0.15, 0.2) is 0 Å². The molecule has 0 spiro atoms. The maximum absolute atomic E-state index is 4.99. The zero-order valence-corrected chi connectivity index (χ0v) is 14.9. The van der Waals surface area contributed by atoms with Crippen molar-refractivity contribution in [2.75, 3.05) is 14.2 Å². The van der Waals surface area contributed by atoms with Crippen molar-refractivity contribution >= 4 is 8.07 Å². The molecule has 1 aromatic carbocycles. The Bertz CT molecular complexity index is 367. The molecule has 1 unspecified atom stereocenters. The Morgan fingerprint density at radius 3 is 2.30 bits per heavy atom. The second-order valence-corrected chi connectivity index (χ2v) is 12.1. The lowest BCUT2D eigenvalue weighted by Gasteiger charge is -2.34. The molecule has 1 saturated heterocycles. The molecule has 1 heterocycles. The van der Waals surface area contributed by atoms with Gasteiger partial charge < -0.3 is 4.84 Å². The smallest absolute Gasteiger partial charge is 0.0575 e. The van der Waals surface area contributed by atoms with E-state index in [0.717, 1.165) is 12.1 Å². The van der Waals surface area contributed by atoms with Gasteiger partial charge in [-0.1, -0.05) is 75.7 Å². The van der Waals surface area contributed by atoms with Crippen molar-refractivity contribution in [1.29, 1.82) is 0 Å². The fourth-order valence-corrected chi connectivity index (χ4v) is 5.21. The first-order chi connectivity index (χ1) is 9.45. The van der Waals surface area contributed by atoms with Gasteiger partial charge in [0.1, 0.15) is 0 Å². The van der Waals surface area contributed by atoms with Gasteiger partial charge >= 0.3 is 0 Å². The second kappa shape index (κ2) is 8.60. The van der Waals surface area contributed by atoms with Crippen LogP contribution in [0.2, 0.25) is 24.7 Å². The van der Waals surface area contributed by atoms with Gasteiger partial charge in [-0.05, 0) is 11.1 Å². The molecule has 1 fully saturated rings. The summed E-state index contributed by atoms with van der Waals surface area (Å²) in [6, 6.07) is 11.8. The number of nitrogens with zero attached hydrogens (tertiary/aromatic N) is 1. The molecule has 0 aliphatic carbocycles. The molecule has 20 heavy (non-hydrogen) atoms. The number of hydroxylamine groups is 2. The molecule has 2 rings (SSSR count). The van der Waals surface area contributed by atoms with Crippen LogP contribution in [0.1, 0.15) is 31.7 Å². The second-order valence-electron chi connectivity index (χ2n) is 6.59. The highest BCUT2D eigenvalue weighted by Crippen LogP contribution is 2.36. The van der Waals surface area contributed by atoms with Gasteiger partial charge in [0, 0.05) is 13.6 Å². The monoisotopic (exact) mass is 293 g/mol. The van der Waals surface area contributed by atoms with Crippen LogP contribution in [0.3, 0.4) is 0 Å². The normalized spacial score (nSPS) is 21.2. The summed E-state index contributed by atoms with van der Waals surface area (Å²) in [7, 11) is 2.89. The van der Waals surface area contributed by atoms with E-state index in [9.17, 15) is 0 Å². The lowest BCUT2D eigenvalue weighted by molar-refractivity contribution is -0.116. The molecule has 114 valence electrons. The fourth-order valence-electron chi connectivity index (χ4n) is 2.57. The third-order valence-corrected chi connectivity index (χ3v) is 9.20. The van der Waals surface area contributed by atoms with E-state index < -0.39 is 8.07 Å². The third kappa shape index (κ3) is 6.20. The number of benzene rings is 1. The van der Waals surface area contributed by atoms with Gasteiger partial charge in [-0.25, -0.2) is 0 Å². The van der Waals surface area contributed by atoms with E-state index >= 15 is 0 Å². The van der Waals surface area contributed by atoms with Crippen molar-refractivity contribution < 1.29 is 4.84 Å². The Kier molecular flexibility index (Phi) is 7.49. The van der Waals surface area contributed by atoms with Crippen LogP contribution in [-0.4, -0.2) is 27.3 Å². The summed E-state index contributed by atoms with van der Waals surface area (Å²) in [4.78, 5) is 4.99. The molecular weight excluding hydrogens is 262 g/mol. The van der Waals surface area contributed by atoms with Crippen molar-refractivity contribution in [1.82, 2.24) is 5.06 Å². The van der Waals surface area contributed by atoms with Gasteiger partial charge in [-0.3, -0.25) is 0 Å². The Hall–Kier alpha value is -0.643. The van der Waals surface area contributed by atoms with E-state index in [2.05, 4.69) is 32.2 Å². The summed E-state index contributed by atoms with van der Waals surface area (Å²) in [5, 5.41) is 1.79. The Morgan fingerprint density at radius 1 is 1.20 bits per heavy atom. The summed E-state index contributed by atoms with van der Waals surface area (Å²) in [5.41, 5.74) is 2.35. The minimum absolute atomic E-state index is 0.694. The quantitative estimate of drug-likeness (QED) is 0.577. The van der Waals surface area contributed by atoms with Crippen molar-refractivity contribution in [3.8, 4) is 0 Å². The number of hydrogen-bond acceptors (Lipinski definition) is 2. The third-order valence-electron chi connectivity index (χ3n) is 4.60. The summed E-state index contributed by atoms with van der Waals surface area (Å²) < 4.78 is 0. The molecule has 0 saturated carbocycles. The average Bonchev–Trinajstić information content (AvgIpc) is 2.44. The highest BCUT2D eigenvalue weighted by atomic mass is 28.3. The molecule has 0 aromatic heterocycles. The molecule has 3 heteroatoms. The van der Waals surface area contributed by atoms with Crippen LogP contribution in [0.5, 0.6) is 0 Å². The molecule has 1 aromatic rings. The highest BCUT2D eigenvalue weighted by molar-refractivity contribution is 6.78. The van der Waals surface area contributed by atoms with Crippen LogP contribution >= 0.6 is 0 Å². The van der Waals surface area contributed by atoms with Gasteiger partial charge in [0.25, 0.3) is 0 Å². The molecule has 0 bridgehead atoms. The molecule has 0 radical (unpaired) electrons. The lowest BCUT2D eigenvalue weighted by Crippen LogP contribution is -2.33. The largest absolute Gasteiger partial charge is 0.302 e. The maximum atomic E-state index is 4.99. The number of hydrogen-bond donors (Lipinski definition) is 0. The zero-order valence-electron chi connectivity index (χ0n) is 13.9. The van der Waals surface area contributed by atoms with E-state index in [1.54, 1.807) is 18.2 Å². The maximum Gasteiger partial charge on any atom is 0.0575 e. The van der Waals surface area contributed by atoms with Crippen LogP contribution in [-0.2, 0) is 11.4 Å². The van der Waals surface area contributed by atoms with Crippen molar-refractivity contribution in [3.05, 3.63) is 35.9 Å². The van der Waals surface area contributed by atoms with Crippen LogP contribution in [0.4, 0.5) is 0 Å². The average molecular weight is 294 g/mol. The van der Waals surface area contributed by atoms with Gasteiger partial charge in [0.05, 0.1) is 15.2 Å². The first kappa shape index (κ1) is 17.4. The van der Waals surface area contributed by atoms with Gasteiger partial charge in [0.2, 0.25) is 0 Å². The minimum Gasteiger partial charge on any atom is -0.302 e. The molecule has 0 amide bonds. The van der Waals surface area contributed by atoms with E-state index in [1.165, 1.54) is 24.8 Å². The van der Waals surface area contributed by atoms with E-state index in [1.807, 2.05) is 25.2 Å². The standard InChI is InChI=1S/C9H13NO.C8H18Si/c1-10(11-2)8-9-6-4-3-5-7-9;1-8-6-4-5-7-9(8,2)3/h3-7H,8H2,1-2H3;8H,4-7H2,1-3H3. The molecular formula is C17H31NOSi. The minimum atomic E-state index is -0.694. The summed E-state index contributed by atoms with van der Waals surface area (Å²) >= 11 is 0. The van der Waals surface area contributed by atoms with Crippen molar-refractivity contribution in [2.45, 2.75) is 57.4 Å². The summed E-state index contributed by atoms with van der Waals surface area (Å²) in [5.74, 6) is 0. The van der Waals surface area contributed by atoms with Gasteiger partial charge in [-0.2, -0.15) is 5.06 Å². The van der Waals surface area contributed by atoms with Crippen LogP contribution in [0, 0.1) is 0 Å². The Labute approximate surface area is 126 Å². The SMILES string of the molecule is CC1CCCC[Si]1(C)C.CON(C)Cc1ccccc1. The number of rotatable bonds is 3. The predicted octanol–water partition coefficient (Wildman–Crippen LogP) is 4.95. The first-order valence-corrected chi connectivity index (χ1v) is 11.0. The zero-order chi connectivity index (χ0) is 15.0. The molecule has 2 nitrogen and oxygen atoms in total.